The van der Waals surface area contributed by atoms with E-state index < -0.39 is 22.6 Å². The highest BCUT2D eigenvalue weighted by Gasteiger charge is 2.30. The van der Waals surface area contributed by atoms with Gasteiger partial charge in [-0.1, -0.05) is 0 Å². The Balaban J connectivity index is 1.88. The van der Waals surface area contributed by atoms with Gasteiger partial charge < -0.3 is 15.5 Å². The summed E-state index contributed by atoms with van der Waals surface area (Å²) in [6.45, 7) is 2.66. The molecule has 1 saturated heterocycles. The first-order valence-corrected chi connectivity index (χ1v) is 8.48. The molecule has 0 saturated carbocycles. The molecular weight excluding hydrogens is 377 g/mol. The minimum atomic E-state index is -4.47. The second-order valence-electron chi connectivity index (χ2n) is 6.22. The number of nitrogens with one attached hydrogen (secondary N) is 2. The fraction of sp³-hybridized carbons (Fsp3) is 0.278. The quantitative estimate of drug-likeness (QED) is 0.614. The molecule has 0 spiro atoms. The minimum Gasteiger partial charge on any atom is -0.368 e. The van der Waals surface area contributed by atoms with Crippen molar-refractivity contribution in [1.82, 2.24) is 5.32 Å². The lowest BCUT2D eigenvalue weighted by atomic mass is 10.1. The van der Waals surface area contributed by atoms with E-state index >= 15 is 0 Å². The summed E-state index contributed by atoms with van der Waals surface area (Å²) in [5, 5.41) is 16.8. The summed E-state index contributed by atoms with van der Waals surface area (Å²) >= 11 is 0. The van der Waals surface area contributed by atoms with Gasteiger partial charge in [0, 0.05) is 44.0 Å². The summed E-state index contributed by atoms with van der Waals surface area (Å²) in [5.41, 5.74) is -0.276. The lowest BCUT2D eigenvalue weighted by Crippen LogP contribution is -2.44. The molecular formula is C18H17F3N4O3. The van der Waals surface area contributed by atoms with Gasteiger partial charge in [0.1, 0.15) is 0 Å². The van der Waals surface area contributed by atoms with E-state index in [9.17, 15) is 28.1 Å². The Kier molecular flexibility index (Phi) is 5.50. The molecule has 0 unspecified atom stereocenters. The maximum absolute atomic E-state index is 12.7. The third-order valence-corrected chi connectivity index (χ3v) is 4.36. The highest BCUT2D eigenvalue weighted by Crippen LogP contribution is 2.30. The molecule has 2 aromatic rings. The van der Waals surface area contributed by atoms with E-state index in [0.29, 0.717) is 31.9 Å². The van der Waals surface area contributed by atoms with Crippen molar-refractivity contribution in [1.29, 1.82) is 0 Å². The van der Waals surface area contributed by atoms with Gasteiger partial charge in [0.2, 0.25) is 0 Å². The Morgan fingerprint density at radius 3 is 2.32 bits per heavy atom. The number of rotatable bonds is 4. The van der Waals surface area contributed by atoms with Crippen LogP contribution in [0.4, 0.5) is 30.2 Å². The molecule has 0 atom stereocenters. The first-order valence-electron chi connectivity index (χ1n) is 8.48. The molecule has 0 radical (unpaired) electrons. The van der Waals surface area contributed by atoms with Gasteiger partial charge in [0.15, 0.2) is 0 Å². The van der Waals surface area contributed by atoms with Crippen molar-refractivity contribution in [2.45, 2.75) is 6.18 Å². The summed E-state index contributed by atoms with van der Waals surface area (Å²) in [6, 6.07) is 8.03. The third-order valence-electron chi connectivity index (χ3n) is 4.36. The van der Waals surface area contributed by atoms with Gasteiger partial charge in [-0.2, -0.15) is 13.2 Å². The van der Waals surface area contributed by atoms with Crippen LogP contribution in [-0.2, 0) is 6.18 Å². The lowest BCUT2D eigenvalue weighted by Gasteiger charge is -2.30. The van der Waals surface area contributed by atoms with Crippen LogP contribution in [0.5, 0.6) is 0 Å². The minimum absolute atomic E-state index is 0.0935. The molecule has 2 N–H and O–H groups in total. The smallest absolute Gasteiger partial charge is 0.368 e. The highest BCUT2D eigenvalue weighted by molar-refractivity contribution is 6.08. The van der Waals surface area contributed by atoms with Gasteiger partial charge in [-0.05, 0) is 30.3 Å². The molecule has 0 bridgehead atoms. The Labute approximate surface area is 158 Å². The number of carbonyl (C=O) groups excluding carboxylic acids is 1. The molecule has 0 aliphatic carbocycles. The van der Waals surface area contributed by atoms with Crippen molar-refractivity contribution in [3.63, 3.8) is 0 Å². The Morgan fingerprint density at radius 1 is 1.11 bits per heavy atom. The van der Waals surface area contributed by atoms with E-state index in [1.54, 1.807) is 0 Å². The van der Waals surface area contributed by atoms with E-state index in [2.05, 4.69) is 10.6 Å². The Morgan fingerprint density at radius 2 is 1.75 bits per heavy atom. The summed E-state index contributed by atoms with van der Waals surface area (Å²) in [4.78, 5) is 25.2. The summed E-state index contributed by atoms with van der Waals surface area (Å²) in [5.74, 6) is -0.628. The van der Waals surface area contributed by atoms with E-state index in [1.165, 1.54) is 18.2 Å². The van der Waals surface area contributed by atoms with Gasteiger partial charge in [-0.3, -0.25) is 14.9 Å². The fourth-order valence-electron chi connectivity index (χ4n) is 2.94. The number of nitro benzene ring substituents is 1. The summed E-state index contributed by atoms with van der Waals surface area (Å²) < 4.78 is 38.0. The Bertz CT molecular complexity index is 879. The van der Waals surface area contributed by atoms with Crippen LogP contribution in [0.1, 0.15) is 15.9 Å². The van der Waals surface area contributed by atoms with Gasteiger partial charge in [-0.25, -0.2) is 0 Å². The molecule has 1 fully saturated rings. The zero-order chi connectivity index (χ0) is 20.3. The zero-order valence-electron chi connectivity index (χ0n) is 14.6. The van der Waals surface area contributed by atoms with Crippen molar-refractivity contribution >= 4 is 23.0 Å². The van der Waals surface area contributed by atoms with Gasteiger partial charge >= 0.3 is 6.18 Å². The van der Waals surface area contributed by atoms with Gasteiger partial charge in [-0.15, -0.1) is 0 Å². The zero-order valence-corrected chi connectivity index (χ0v) is 14.6. The van der Waals surface area contributed by atoms with Gasteiger partial charge in [0.25, 0.3) is 11.6 Å². The predicted octanol–water partition coefficient (Wildman–Crippen LogP) is 3.28. The van der Waals surface area contributed by atoms with Gasteiger partial charge in [0.05, 0.1) is 21.7 Å². The molecule has 3 rings (SSSR count). The number of non-ortho nitro benzene ring substituents is 1. The number of nitrogens with zero attached hydrogens (tertiary/aromatic N) is 2. The maximum Gasteiger partial charge on any atom is 0.416 e. The van der Waals surface area contributed by atoms with Crippen LogP contribution in [0, 0.1) is 10.1 Å². The van der Waals surface area contributed by atoms with Crippen LogP contribution in [0.25, 0.3) is 0 Å². The van der Waals surface area contributed by atoms with Crippen LogP contribution in [0.3, 0.4) is 0 Å². The normalized spacial score (nSPS) is 14.6. The number of hydrogen-bond acceptors (Lipinski definition) is 5. The van der Waals surface area contributed by atoms with Crippen molar-refractivity contribution < 1.29 is 22.9 Å². The van der Waals surface area contributed by atoms with Crippen LogP contribution in [0.15, 0.2) is 42.5 Å². The van der Waals surface area contributed by atoms with E-state index in [1.807, 2.05) is 4.90 Å². The molecule has 1 heterocycles. The molecule has 1 aliphatic heterocycles. The topological polar surface area (TPSA) is 87.5 Å². The molecule has 7 nitrogen and oxygen atoms in total. The second-order valence-corrected chi connectivity index (χ2v) is 6.22. The molecule has 2 aromatic carbocycles. The summed E-state index contributed by atoms with van der Waals surface area (Å²) in [7, 11) is 0. The monoisotopic (exact) mass is 394 g/mol. The number of benzene rings is 2. The summed E-state index contributed by atoms with van der Waals surface area (Å²) in [6.07, 6.45) is -4.47. The number of piperazine rings is 1. The van der Waals surface area contributed by atoms with E-state index in [4.69, 9.17) is 0 Å². The number of carbonyl (C=O) groups is 1. The molecule has 1 aliphatic rings. The fourth-order valence-corrected chi connectivity index (χ4v) is 2.94. The number of amides is 1. The standard InChI is InChI=1S/C18H17F3N4O3/c19-18(20,21)12-1-3-13(4-2-12)23-17(26)15-11-14(25(27)28)5-6-16(15)24-9-7-22-8-10-24/h1-6,11,22H,7-10H2,(H,23,26). The lowest BCUT2D eigenvalue weighted by molar-refractivity contribution is -0.384. The second kappa shape index (κ2) is 7.85. The van der Waals surface area contributed by atoms with E-state index in [0.717, 1.165) is 24.3 Å². The highest BCUT2D eigenvalue weighted by atomic mass is 19.4. The molecule has 148 valence electrons. The maximum atomic E-state index is 12.7. The Hall–Kier alpha value is -3.14. The average molecular weight is 394 g/mol. The molecule has 0 aromatic heterocycles. The molecule has 1 amide bonds. The number of halogens is 3. The van der Waals surface area contributed by atoms with Crippen LogP contribution >= 0.6 is 0 Å². The average Bonchev–Trinajstić information content (AvgIpc) is 2.68. The third kappa shape index (κ3) is 4.39. The first kappa shape index (κ1) is 19.6. The predicted molar refractivity (Wildman–Crippen MR) is 97.6 cm³/mol. The molecule has 10 heteroatoms. The van der Waals surface area contributed by atoms with Crippen molar-refractivity contribution in [3.8, 4) is 0 Å². The van der Waals surface area contributed by atoms with Crippen LogP contribution in [-0.4, -0.2) is 37.0 Å². The number of anilines is 2. The van der Waals surface area contributed by atoms with Crippen molar-refractivity contribution in [2.75, 3.05) is 36.4 Å². The largest absolute Gasteiger partial charge is 0.416 e. The van der Waals surface area contributed by atoms with Crippen LogP contribution < -0.4 is 15.5 Å². The first-order chi connectivity index (χ1) is 13.3. The van der Waals surface area contributed by atoms with Crippen molar-refractivity contribution in [3.05, 3.63) is 63.7 Å². The SMILES string of the molecule is O=C(Nc1ccc(C(F)(F)F)cc1)c1cc([N+](=O)[O-])ccc1N1CCNCC1. The van der Waals surface area contributed by atoms with Crippen molar-refractivity contribution in [2.24, 2.45) is 0 Å². The van der Waals surface area contributed by atoms with Crippen LogP contribution in [0.2, 0.25) is 0 Å². The van der Waals surface area contributed by atoms with E-state index in [-0.39, 0.29) is 16.9 Å². The molecule has 28 heavy (non-hydrogen) atoms. The number of nitro groups is 1. The number of alkyl halides is 3. The number of hydrogen-bond donors (Lipinski definition) is 2.